The Hall–Kier alpha value is -1.55. The van der Waals surface area contributed by atoms with E-state index >= 15 is 0 Å². The number of para-hydroxylation sites is 1. The molecule has 1 aromatic rings. The summed E-state index contributed by atoms with van der Waals surface area (Å²) >= 11 is 0. The van der Waals surface area contributed by atoms with Gasteiger partial charge in [0, 0.05) is 25.6 Å². The van der Waals surface area contributed by atoms with E-state index in [1.54, 1.807) is 7.11 Å². The summed E-state index contributed by atoms with van der Waals surface area (Å²) in [7, 11) is 1.80. The number of ether oxygens (including phenoxy) is 2. The van der Waals surface area contributed by atoms with Crippen LogP contribution < -0.4 is 4.74 Å². The number of amides is 1. The van der Waals surface area contributed by atoms with Crippen molar-refractivity contribution in [1.29, 1.82) is 0 Å². The molecule has 1 saturated carbocycles. The van der Waals surface area contributed by atoms with Crippen LogP contribution in [0.3, 0.4) is 0 Å². The number of carbonyl (C=O) groups excluding carboxylic acids is 1. The third-order valence-corrected chi connectivity index (χ3v) is 5.18. The van der Waals surface area contributed by atoms with Crippen LogP contribution in [0.2, 0.25) is 0 Å². The Morgan fingerprint density at radius 3 is 2.82 bits per heavy atom. The van der Waals surface area contributed by atoms with Gasteiger partial charge in [0.05, 0.1) is 6.10 Å². The molecule has 1 aliphatic carbocycles. The van der Waals surface area contributed by atoms with Crippen LogP contribution in [-0.2, 0) is 9.53 Å². The second kappa shape index (κ2) is 6.69. The first kappa shape index (κ1) is 15.3. The van der Waals surface area contributed by atoms with Gasteiger partial charge in [-0.1, -0.05) is 24.6 Å². The van der Waals surface area contributed by atoms with Crippen LogP contribution in [-0.4, -0.2) is 43.7 Å². The highest BCUT2D eigenvalue weighted by atomic mass is 16.5. The fraction of sp³-hybridized carbons (Fsp3) is 0.611. The third-order valence-electron chi connectivity index (χ3n) is 5.18. The van der Waals surface area contributed by atoms with Crippen molar-refractivity contribution < 1.29 is 14.3 Å². The molecule has 0 bridgehead atoms. The Morgan fingerprint density at radius 2 is 2.05 bits per heavy atom. The van der Waals surface area contributed by atoms with Gasteiger partial charge in [-0.3, -0.25) is 4.79 Å². The average Bonchev–Trinajstić information content (AvgIpc) is 2.95. The Kier molecular flexibility index (Phi) is 4.67. The number of hydrogen-bond acceptors (Lipinski definition) is 3. The van der Waals surface area contributed by atoms with Gasteiger partial charge in [0.15, 0.2) is 6.61 Å². The number of piperidine rings is 1. The Morgan fingerprint density at radius 1 is 1.27 bits per heavy atom. The predicted octanol–water partition coefficient (Wildman–Crippen LogP) is 2.87. The summed E-state index contributed by atoms with van der Waals surface area (Å²) in [5.74, 6) is 0.836. The Bertz CT molecular complexity index is 504. The smallest absolute Gasteiger partial charge is 0.260 e. The fourth-order valence-corrected chi connectivity index (χ4v) is 4.07. The summed E-state index contributed by atoms with van der Waals surface area (Å²) in [4.78, 5) is 14.4. The highest BCUT2D eigenvalue weighted by Gasteiger charge is 2.46. The minimum atomic E-state index is 0.0877. The molecule has 2 fully saturated rings. The molecule has 2 atom stereocenters. The number of nitrogens with zero attached hydrogens (tertiary/aromatic N) is 1. The zero-order valence-corrected chi connectivity index (χ0v) is 13.3. The molecule has 0 radical (unpaired) electrons. The molecule has 1 aromatic carbocycles. The zero-order valence-electron chi connectivity index (χ0n) is 13.3. The summed E-state index contributed by atoms with van der Waals surface area (Å²) in [5, 5.41) is 0. The first-order valence-electron chi connectivity index (χ1n) is 8.22. The quantitative estimate of drug-likeness (QED) is 0.858. The van der Waals surface area contributed by atoms with Crippen molar-refractivity contribution in [3.63, 3.8) is 0 Å². The predicted molar refractivity (Wildman–Crippen MR) is 84.8 cm³/mol. The number of benzene rings is 1. The van der Waals surface area contributed by atoms with Crippen LogP contribution >= 0.6 is 0 Å². The van der Waals surface area contributed by atoms with Gasteiger partial charge in [0.1, 0.15) is 5.75 Å². The van der Waals surface area contributed by atoms with Crippen LogP contribution in [0.15, 0.2) is 30.3 Å². The molecule has 22 heavy (non-hydrogen) atoms. The standard InChI is InChI=1S/C18H25NO3/c1-21-16-9-5-10-18(16)11-6-12-19(14-18)17(20)13-22-15-7-3-2-4-8-15/h2-4,7-8,16H,5-6,9-14H2,1H3/t16-,18+/m1/s1. The maximum Gasteiger partial charge on any atom is 0.260 e. The Balaban J connectivity index is 1.58. The fourth-order valence-electron chi connectivity index (χ4n) is 4.07. The monoisotopic (exact) mass is 303 g/mol. The highest BCUT2D eigenvalue weighted by Crippen LogP contribution is 2.46. The summed E-state index contributed by atoms with van der Waals surface area (Å²) in [6.07, 6.45) is 6.05. The van der Waals surface area contributed by atoms with Gasteiger partial charge in [-0.15, -0.1) is 0 Å². The number of rotatable bonds is 4. The molecule has 1 saturated heterocycles. The number of likely N-dealkylation sites (tertiary alicyclic amines) is 1. The molecule has 0 N–H and O–H groups in total. The van der Waals surface area contributed by atoms with Gasteiger partial charge in [-0.05, 0) is 37.8 Å². The van der Waals surface area contributed by atoms with Crippen molar-refractivity contribution in [2.45, 2.75) is 38.2 Å². The zero-order chi connectivity index (χ0) is 15.4. The molecule has 3 rings (SSSR count). The molecule has 4 heteroatoms. The molecule has 1 heterocycles. The van der Waals surface area contributed by atoms with Gasteiger partial charge in [0.25, 0.3) is 5.91 Å². The number of hydrogen-bond donors (Lipinski definition) is 0. The molecule has 1 aliphatic heterocycles. The number of methoxy groups -OCH3 is 1. The SMILES string of the molecule is CO[C@@H]1CCC[C@@]12CCCN(C(=O)COc1ccccc1)C2. The first-order valence-corrected chi connectivity index (χ1v) is 8.22. The maximum atomic E-state index is 12.5. The second-order valence-corrected chi connectivity index (χ2v) is 6.50. The van der Waals surface area contributed by atoms with Crippen molar-refractivity contribution in [3.05, 3.63) is 30.3 Å². The van der Waals surface area contributed by atoms with E-state index in [4.69, 9.17) is 9.47 Å². The van der Waals surface area contributed by atoms with Crippen molar-refractivity contribution in [1.82, 2.24) is 4.90 Å². The lowest BCUT2D eigenvalue weighted by atomic mass is 9.76. The molecular formula is C18H25NO3. The minimum absolute atomic E-state index is 0.0877. The van der Waals surface area contributed by atoms with Gasteiger partial charge >= 0.3 is 0 Å². The van der Waals surface area contributed by atoms with E-state index in [1.165, 1.54) is 19.3 Å². The van der Waals surface area contributed by atoms with Gasteiger partial charge in [-0.25, -0.2) is 0 Å². The van der Waals surface area contributed by atoms with Gasteiger partial charge in [-0.2, -0.15) is 0 Å². The van der Waals surface area contributed by atoms with E-state index < -0.39 is 0 Å². The molecule has 1 amide bonds. The maximum absolute atomic E-state index is 12.5. The normalized spacial score (nSPS) is 28.0. The molecule has 2 aliphatic rings. The Labute approximate surface area is 132 Å². The lowest BCUT2D eigenvalue weighted by molar-refractivity contribution is -0.139. The highest BCUT2D eigenvalue weighted by molar-refractivity contribution is 5.78. The van der Waals surface area contributed by atoms with Gasteiger partial charge < -0.3 is 14.4 Å². The summed E-state index contributed by atoms with van der Waals surface area (Å²) in [6, 6.07) is 9.52. The first-order chi connectivity index (χ1) is 10.7. The second-order valence-electron chi connectivity index (χ2n) is 6.50. The van der Waals surface area contributed by atoms with Crippen LogP contribution in [0, 0.1) is 5.41 Å². The van der Waals surface area contributed by atoms with Crippen LogP contribution in [0.4, 0.5) is 0 Å². The van der Waals surface area contributed by atoms with Crippen molar-refractivity contribution in [2.24, 2.45) is 5.41 Å². The van der Waals surface area contributed by atoms with E-state index in [2.05, 4.69) is 0 Å². The molecule has 4 nitrogen and oxygen atoms in total. The van der Waals surface area contributed by atoms with Gasteiger partial charge in [0.2, 0.25) is 0 Å². The van der Waals surface area contributed by atoms with E-state index in [1.807, 2.05) is 35.2 Å². The molecule has 1 spiro atoms. The summed E-state index contributed by atoms with van der Waals surface area (Å²) in [5.41, 5.74) is 0.176. The lowest BCUT2D eigenvalue weighted by Crippen LogP contribution is -2.50. The van der Waals surface area contributed by atoms with E-state index in [9.17, 15) is 4.79 Å². The molecule has 0 aromatic heterocycles. The number of carbonyl (C=O) groups is 1. The van der Waals surface area contributed by atoms with Crippen molar-refractivity contribution >= 4 is 5.91 Å². The lowest BCUT2D eigenvalue weighted by Gasteiger charge is -2.43. The minimum Gasteiger partial charge on any atom is -0.484 e. The van der Waals surface area contributed by atoms with Crippen molar-refractivity contribution in [3.8, 4) is 5.75 Å². The van der Waals surface area contributed by atoms with E-state index in [-0.39, 0.29) is 17.9 Å². The van der Waals surface area contributed by atoms with E-state index in [0.29, 0.717) is 6.10 Å². The topological polar surface area (TPSA) is 38.8 Å². The van der Waals surface area contributed by atoms with Crippen molar-refractivity contribution in [2.75, 3.05) is 26.8 Å². The summed E-state index contributed by atoms with van der Waals surface area (Å²) < 4.78 is 11.3. The molecular weight excluding hydrogens is 278 g/mol. The summed E-state index contributed by atoms with van der Waals surface area (Å²) in [6.45, 7) is 1.79. The largest absolute Gasteiger partial charge is 0.484 e. The average molecular weight is 303 g/mol. The van der Waals surface area contributed by atoms with Crippen LogP contribution in [0.1, 0.15) is 32.1 Å². The molecule has 0 unspecified atom stereocenters. The van der Waals surface area contributed by atoms with Crippen LogP contribution in [0.5, 0.6) is 5.75 Å². The van der Waals surface area contributed by atoms with Crippen LogP contribution in [0.25, 0.3) is 0 Å². The molecule has 120 valence electrons. The third kappa shape index (κ3) is 3.12. The van der Waals surface area contributed by atoms with E-state index in [0.717, 1.165) is 31.7 Å².